The Bertz CT molecular complexity index is 344. The molecule has 0 aliphatic carbocycles. The van der Waals surface area contributed by atoms with Gasteiger partial charge in [0.2, 0.25) is 0 Å². The molecular formula is C12H16BrClFN. The molecule has 1 rings (SSSR count). The van der Waals surface area contributed by atoms with Gasteiger partial charge in [0.25, 0.3) is 0 Å². The fraction of sp³-hybridized carbons (Fsp3) is 0.500. The molecule has 0 spiro atoms. The third-order valence-electron chi connectivity index (χ3n) is 2.36. The molecule has 1 atom stereocenters. The number of benzene rings is 1. The smallest absolute Gasteiger partial charge is 0.127 e. The molecule has 0 aliphatic rings. The van der Waals surface area contributed by atoms with Crippen molar-refractivity contribution in [3.05, 3.63) is 34.1 Å². The molecule has 1 aromatic rings. The van der Waals surface area contributed by atoms with Crippen LogP contribution in [-0.4, -0.2) is 23.9 Å². The minimum Gasteiger partial charge on any atom is -0.302 e. The average Bonchev–Trinajstić information content (AvgIpc) is 2.20. The van der Waals surface area contributed by atoms with Crippen LogP contribution in [0.4, 0.5) is 4.39 Å². The summed E-state index contributed by atoms with van der Waals surface area (Å²) in [6.45, 7) is 3.45. The van der Waals surface area contributed by atoms with Crippen LogP contribution in [0.2, 0.25) is 0 Å². The van der Waals surface area contributed by atoms with Crippen LogP contribution in [0, 0.1) is 5.82 Å². The van der Waals surface area contributed by atoms with E-state index in [1.54, 1.807) is 6.07 Å². The van der Waals surface area contributed by atoms with Crippen molar-refractivity contribution in [3.8, 4) is 0 Å². The Morgan fingerprint density at radius 1 is 1.50 bits per heavy atom. The highest BCUT2D eigenvalue weighted by Crippen LogP contribution is 2.17. The summed E-state index contributed by atoms with van der Waals surface area (Å²) in [5, 5.41) is 0.162. The van der Waals surface area contributed by atoms with E-state index < -0.39 is 0 Å². The Balaban J connectivity index is 2.55. The molecule has 0 heterocycles. The Morgan fingerprint density at radius 3 is 2.81 bits per heavy atom. The lowest BCUT2D eigenvalue weighted by molar-refractivity contribution is 0.316. The summed E-state index contributed by atoms with van der Waals surface area (Å²) < 4.78 is 14.4. The van der Waals surface area contributed by atoms with Gasteiger partial charge in [-0.3, -0.25) is 0 Å². The van der Waals surface area contributed by atoms with Gasteiger partial charge in [-0.2, -0.15) is 0 Å². The largest absolute Gasteiger partial charge is 0.302 e. The molecular weight excluding hydrogens is 292 g/mol. The van der Waals surface area contributed by atoms with Gasteiger partial charge in [-0.15, -0.1) is 11.6 Å². The van der Waals surface area contributed by atoms with Crippen molar-refractivity contribution in [1.82, 2.24) is 4.90 Å². The van der Waals surface area contributed by atoms with E-state index in [2.05, 4.69) is 20.8 Å². The van der Waals surface area contributed by atoms with E-state index in [0.717, 1.165) is 17.4 Å². The Morgan fingerprint density at radius 2 is 2.19 bits per heavy atom. The lowest BCUT2D eigenvalue weighted by atomic mass is 10.2. The maximum atomic E-state index is 13.5. The molecule has 0 saturated carbocycles. The third kappa shape index (κ3) is 4.81. The van der Waals surface area contributed by atoms with Crippen LogP contribution in [0.15, 0.2) is 22.7 Å². The Labute approximate surface area is 110 Å². The van der Waals surface area contributed by atoms with Gasteiger partial charge in [-0.1, -0.05) is 15.9 Å². The van der Waals surface area contributed by atoms with E-state index >= 15 is 0 Å². The zero-order valence-corrected chi connectivity index (χ0v) is 11.9. The summed E-state index contributed by atoms with van der Waals surface area (Å²) in [6.07, 6.45) is 0.910. The van der Waals surface area contributed by atoms with Crippen LogP contribution in [-0.2, 0) is 6.54 Å². The van der Waals surface area contributed by atoms with Gasteiger partial charge >= 0.3 is 0 Å². The summed E-state index contributed by atoms with van der Waals surface area (Å²) in [5.74, 6) is -0.158. The molecule has 0 amide bonds. The van der Waals surface area contributed by atoms with E-state index in [-0.39, 0.29) is 11.2 Å². The van der Waals surface area contributed by atoms with Crippen LogP contribution in [0.5, 0.6) is 0 Å². The van der Waals surface area contributed by atoms with Crippen molar-refractivity contribution in [3.63, 3.8) is 0 Å². The molecule has 16 heavy (non-hydrogen) atoms. The second kappa shape index (κ2) is 6.58. The number of hydrogen-bond donors (Lipinski definition) is 0. The Hall–Kier alpha value is -0.120. The fourth-order valence-corrected chi connectivity index (χ4v) is 1.94. The molecule has 0 bridgehead atoms. The highest BCUT2D eigenvalue weighted by molar-refractivity contribution is 9.10. The van der Waals surface area contributed by atoms with Crippen LogP contribution in [0.3, 0.4) is 0 Å². The van der Waals surface area contributed by atoms with Crippen molar-refractivity contribution in [2.75, 3.05) is 13.6 Å². The van der Waals surface area contributed by atoms with Gasteiger partial charge in [-0.25, -0.2) is 4.39 Å². The highest BCUT2D eigenvalue weighted by atomic mass is 79.9. The predicted molar refractivity (Wildman–Crippen MR) is 70.4 cm³/mol. The first-order valence-corrected chi connectivity index (χ1v) is 6.48. The summed E-state index contributed by atoms with van der Waals surface area (Å²) in [5.41, 5.74) is 0.708. The first-order valence-electron chi connectivity index (χ1n) is 5.25. The maximum absolute atomic E-state index is 13.5. The SMILES string of the molecule is CC(Cl)CCN(C)Cc1cc(Br)ccc1F. The zero-order chi connectivity index (χ0) is 12.1. The second-order valence-corrected chi connectivity index (χ2v) is 5.70. The first kappa shape index (κ1) is 13.9. The summed E-state index contributed by atoms with van der Waals surface area (Å²) >= 11 is 9.22. The normalized spacial score (nSPS) is 13.1. The molecule has 0 radical (unpaired) electrons. The first-order chi connectivity index (χ1) is 7.49. The third-order valence-corrected chi connectivity index (χ3v) is 3.07. The minimum absolute atomic E-state index is 0.158. The summed E-state index contributed by atoms with van der Waals surface area (Å²) in [7, 11) is 1.97. The molecule has 0 saturated heterocycles. The van der Waals surface area contributed by atoms with Crippen LogP contribution >= 0.6 is 27.5 Å². The molecule has 90 valence electrons. The van der Waals surface area contributed by atoms with E-state index in [1.807, 2.05) is 20.0 Å². The lowest BCUT2D eigenvalue weighted by Gasteiger charge is -2.17. The molecule has 4 heteroatoms. The monoisotopic (exact) mass is 307 g/mol. The van der Waals surface area contributed by atoms with E-state index in [9.17, 15) is 4.39 Å². The Kier molecular flexibility index (Phi) is 5.73. The van der Waals surface area contributed by atoms with Gasteiger partial charge < -0.3 is 4.90 Å². The topological polar surface area (TPSA) is 3.24 Å². The van der Waals surface area contributed by atoms with Crippen molar-refractivity contribution < 1.29 is 4.39 Å². The molecule has 0 aromatic heterocycles. The van der Waals surface area contributed by atoms with Gasteiger partial charge in [0, 0.05) is 22.0 Å². The number of alkyl halides is 1. The number of nitrogens with zero attached hydrogens (tertiary/aromatic N) is 1. The minimum atomic E-state index is -0.158. The standard InChI is InChI=1S/C12H16BrClFN/c1-9(14)5-6-16(2)8-10-7-11(13)3-4-12(10)15/h3-4,7,9H,5-6,8H2,1-2H3. The molecule has 1 unspecified atom stereocenters. The molecule has 0 fully saturated rings. The zero-order valence-electron chi connectivity index (χ0n) is 9.51. The van der Waals surface area contributed by atoms with Crippen molar-refractivity contribution >= 4 is 27.5 Å². The van der Waals surface area contributed by atoms with Crippen LogP contribution in [0.25, 0.3) is 0 Å². The second-order valence-electron chi connectivity index (χ2n) is 4.04. The van der Waals surface area contributed by atoms with Crippen LogP contribution in [0.1, 0.15) is 18.9 Å². The van der Waals surface area contributed by atoms with Gasteiger partial charge in [0.1, 0.15) is 5.82 Å². The number of halogens is 3. The number of rotatable bonds is 5. The predicted octanol–water partition coefficient (Wildman–Crippen LogP) is 4.04. The van der Waals surface area contributed by atoms with Crippen molar-refractivity contribution in [1.29, 1.82) is 0 Å². The summed E-state index contributed by atoms with van der Waals surface area (Å²) in [4.78, 5) is 2.07. The van der Waals surface area contributed by atoms with Gasteiger partial charge in [-0.05, 0) is 45.1 Å². The lowest BCUT2D eigenvalue weighted by Crippen LogP contribution is -2.21. The van der Waals surface area contributed by atoms with Gasteiger partial charge in [0.05, 0.1) is 0 Å². The van der Waals surface area contributed by atoms with Crippen molar-refractivity contribution in [2.45, 2.75) is 25.3 Å². The van der Waals surface area contributed by atoms with E-state index in [4.69, 9.17) is 11.6 Å². The quantitative estimate of drug-likeness (QED) is 0.742. The molecule has 1 aromatic carbocycles. The molecule has 0 N–H and O–H groups in total. The van der Waals surface area contributed by atoms with E-state index in [0.29, 0.717) is 12.1 Å². The maximum Gasteiger partial charge on any atom is 0.127 e. The van der Waals surface area contributed by atoms with Crippen LogP contribution < -0.4 is 0 Å². The average molecular weight is 309 g/mol. The highest BCUT2D eigenvalue weighted by Gasteiger charge is 2.07. The van der Waals surface area contributed by atoms with E-state index in [1.165, 1.54) is 6.07 Å². The molecule has 0 aliphatic heterocycles. The number of hydrogen-bond acceptors (Lipinski definition) is 1. The van der Waals surface area contributed by atoms with Crippen molar-refractivity contribution in [2.24, 2.45) is 0 Å². The van der Waals surface area contributed by atoms with Gasteiger partial charge in [0.15, 0.2) is 0 Å². The summed E-state index contributed by atoms with van der Waals surface area (Å²) in [6, 6.07) is 5.01. The fourth-order valence-electron chi connectivity index (χ4n) is 1.43. The molecule has 1 nitrogen and oxygen atoms in total.